The molecule has 3 N–H and O–H groups in total. The third-order valence-electron chi connectivity index (χ3n) is 4.26. The Balaban J connectivity index is 1.45. The molecule has 0 aliphatic heterocycles. The van der Waals surface area contributed by atoms with Gasteiger partial charge in [0.15, 0.2) is 0 Å². The lowest BCUT2D eigenvalue weighted by Gasteiger charge is -2.03. The number of carbonyl (C=O) groups is 1. The van der Waals surface area contributed by atoms with E-state index in [-0.39, 0.29) is 17.5 Å². The van der Waals surface area contributed by atoms with Crippen molar-refractivity contribution in [3.63, 3.8) is 0 Å². The van der Waals surface area contributed by atoms with E-state index in [0.29, 0.717) is 29.7 Å². The molecule has 4 nitrogen and oxygen atoms in total. The number of benzene rings is 2. The van der Waals surface area contributed by atoms with Crippen molar-refractivity contribution >= 4 is 27.7 Å². The van der Waals surface area contributed by atoms with Crippen LogP contribution < -0.4 is 5.32 Å². The molecular formula is C19H15F2N3O. The first-order chi connectivity index (χ1) is 12.1. The van der Waals surface area contributed by atoms with Crippen LogP contribution in [-0.2, 0) is 6.42 Å². The average molecular weight is 339 g/mol. The monoisotopic (exact) mass is 339 g/mol. The normalized spacial score (nSPS) is 11.3. The van der Waals surface area contributed by atoms with Gasteiger partial charge < -0.3 is 15.3 Å². The molecule has 126 valence electrons. The molecule has 0 fully saturated rings. The Kier molecular flexibility index (Phi) is 3.72. The smallest absolute Gasteiger partial charge is 0.267 e. The standard InChI is InChI=1S/C19H15F2N3O/c20-13-5-4-11-8-17(24-16(11)9-13)19(25)22-7-6-12-10-23-18-14(12)2-1-3-15(18)21/h1-5,8-10,23-24H,6-7H2,(H,22,25). The molecule has 2 aromatic carbocycles. The number of amides is 1. The van der Waals surface area contributed by atoms with Crippen molar-refractivity contribution in [3.8, 4) is 0 Å². The predicted octanol–water partition coefficient (Wildman–Crippen LogP) is 3.90. The van der Waals surface area contributed by atoms with Gasteiger partial charge in [-0.3, -0.25) is 4.79 Å². The summed E-state index contributed by atoms with van der Waals surface area (Å²) >= 11 is 0. The summed E-state index contributed by atoms with van der Waals surface area (Å²) in [5.74, 6) is -0.909. The number of hydrogen-bond donors (Lipinski definition) is 3. The number of halogens is 2. The molecular weight excluding hydrogens is 324 g/mol. The summed E-state index contributed by atoms with van der Waals surface area (Å²) in [4.78, 5) is 18.1. The highest BCUT2D eigenvalue weighted by Gasteiger charge is 2.11. The number of rotatable bonds is 4. The molecule has 0 bridgehead atoms. The molecule has 0 saturated heterocycles. The van der Waals surface area contributed by atoms with Gasteiger partial charge in [0, 0.05) is 29.0 Å². The van der Waals surface area contributed by atoms with Gasteiger partial charge >= 0.3 is 0 Å². The molecule has 6 heteroatoms. The van der Waals surface area contributed by atoms with Crippen LogP contribution in [0.2, 0.25) is 0 Å². The molecule has 1 amide bonds. The van der Waals surface area contributed by atoms with Gasteiger partial charge in [0.1, 0.15) is 17.3 Å². The van der Waals surface area contributed by atoms with Crippen molar-refractivity contribution in [3.05, 3.63) is 71.6 Å². The first-order valence-corrected chi connectivity index (χ1v) is 7.93. The summed E-state index contributed by atoms with van der Waals surface area (Å²) in [7, 11) is 0. The van der Waals surface area contributed by atoms with Crippen LogP contribution in [0.4, 0.5) is 8.78 Å². The minimum absolute atomic E-state index is 0.261. The lowest BCUT2D eigenvalue weighted by atomic mass is 10.1. The van der Waals surface area contributed by atoms with Crippen LogP contribution in [0, 0.1) is 11.6 Å². The Hall–Kier alpha value is -3.15. The zero-order valence-corrected chi connectivity index (χ0v) is 13.2. The summed E-state index contributed by atoms with van der Waals surface area (Å²) in [5.41, 5.74) is 2.37. The maximum atomic E-state index is 13.7. The zero-order valence-electron chi connectivity index (χ0n) is 13.2. The highest BCUT2D eigenvalue weighted by Crippen LogP contribution is 2.21. The van der Waals surface area contributed by atoms with Crippen LogP contribution in [0.25, 0.3) is 21.8 Å². The van der Waals surface area contributed by atoms with Crippen LogP contribution >= 0.6 is 0 Å². The van der Waals surface area contributed by atoms with Gasteiger partial charge in [-0.05, 0) is 42.3 Å². The van der Waals surface area contributed by atoms with Crippen LogP contribution in [0.5, 0.6) is 0 Å². The highest BCUT2D eigenvalue weighted by atomic mass is 19.1. The number of nitrogens with one attached hydrogen (secondary N) is 3. The Morgan fingerprint density at radius 3 is 2.88 bits per heavy atom. The van der Waals surface area contributed by atoms with E-state index in [2.05, 4.69) is 15.3 Å². The topological polar surface area (TPSA) is 60.7 Å². The number of aromatic amines is 2. The SMILES string of the molecule is O=C(NCCc1c[nH]c2c(F)cccc12)c1cc2ccc(F)cc2[nH]1. The fourth-order valence-electron chi connectivity index (χ4n) is 3.01. The van der Waals surface area contributed by atoms with Gasteiger partial charge in [-0.15, -0.1) is 0 Å². The Bertz CT molecular complexity index is 1080. The van der Waals surface area contributed by atoms with Gasteiger partial charge in [0.25, 0.3) is 5.91 Å². The molecule has 0 saturated carbocycles. The van der Waals surface area contributed by atoms with E-state index >= 15 is 0 Å². The second-order valence-electron chi connectivity index (χ2n) is 5.90. The Labute approximate surface area is 141 Å². The largest absolute Gasteiger partial charge is 0.359 e. The molecule has 25 heavy (non-hydrogen) atoms. The fourth-order valence-corrected chi connectivity index (χ4v) is 3.01. The van der Waals surface area contributed by atoms with Crippen molar-refractivity contribution in [2.24, 2.45) is 0 Å². The van der Waals surface area contributed by atoms with Crippen LogP contribution in [0.15, 0.2) is 48.7 Å². The van der Waals surface area contributed by atoms with Crippen LogP contribution in [-0.4, -0.2) is 22.4 Å². The second kappa shape index (κ2) is 6.05. The third-order valence-corrected chi connectivity index (χ3v) is 4.26. The van der Waals surface area contributed by atoms with Gasteiger partial charge in [0.05, 0.1) is 5.52 Å². The van der Waals surface area contributed by atoms with E-state index in [9.17, 15) is 13.6 Å². The zero-order chi connectivity index (χ0) is 17.4. The molecule has 2 aromatic heterocycles. The van der Waals surface area contributed by atoms with Crippen molar-refractivity contribution < 1.29 is 13.6 Å². The number of hydrogen-bond acceptors (Lipinski definition) is 1. The molecule has 0 aliphatic rings. The van der Waals surface area contributed by atoms with E-state index in [4.69, 9.17) is 0 Å². The van der Waals surface area contributed by atoms with E-state index in [1.54, 1.807) is 24.4 Å². The fraction of sp³-hybridized carbons (Fsp3) is 0.105. The maximum absolute atomic E-state index is 13.7. The van der Waals surface area contributed by atoms with Gasteiger partial charge in [0.2, 0.25) is 0 Å². The Morgan fingerprint density at radius 2 is 2.00 bits per heavy atom. The maximum Gasteiger partial charge on any atom is 0.267 e. The summed E-state index contributed by atoms with van der Waals surface area (Å²) < 4.78 is 26.9. The number of fused-ring (bicyclic) bond motifs is 2. The average Bonchev–Trinajstić information content (AvgIpc) is 3.19. The summed E-state index contributed by atoms with van der Waals surface area (Å²) in [6.07, 6.45) is 2.33. The summed E-state index contributed by atoms with van der Waals surface area (Å²) in [6, 6.07) is 10.9. The van der Waals surface area contributed by atoms with Gasteiger partial charge in [-0.25, -0.2) is 8.78 Å². The molecule has 0 atom stereocenters. The van der Waals surface area contributed by atoms with Crippen molar-refractivity contribution in [1.29, 1.82) is 0 Å². The van der Waals surface area contributed by atoms with Crippen molar-refractivity contribution in [2.75, 3.05) is 6.54 Å². The minimum atomic E-state index is -0.354. The molecule has 4 rings (SSSR count). The van der Waals surface area contributed by atoms with E-state index < -0.39 is 0 Å². The number of carbonyl (C=O) groups excluding carboxylic acids is 1. The summed E-state index contributed by atoms with van der Waals surface area (Å²) in [5, 5.41) is 4.41. The van der Waals surface area contributed by atoms with E-state index in [0.717, 1.165) is 16.3 Å². The van der Waals surface area contributed by atoms with Crippen molar-refractivity contribution in [1.82, 2.24) is 15.3 Å². The van der Waals surface area contributed by atoms with Gasteiger partial charge in [-0.1, -0.05) is 12.1 Å². The molecule has 2 heterocycles. The third kappa shape index (κ3) is 2.87. The van der Waals surface area contributed by atoms with Gasteiger partial charge in [-0.2, -0.15) is 0 Å². The first-order valence-electron chi connectivity index (χ1n) is 7.93. The second-order valence-corrected chi connectivity index (χ2v) is 5.90. The Morgan fingerprint density at radius 1 is 1.12 bits per heavy atom. The van der Waals surface area contributed by atoms with Crippen molar-refractivity contribution in [2.45, 2.75) is 6.42 Å². The molecule has 0 radical (unpaired) electrons. The van der Waals surface area contributed by atoms with Crippen LogP contribution in [0.3, 0.4) is 0 Å². The van der Waals surface area contributed by atoms with Crippen LogP contribution in [0.1, 0.15) is 16.1 Å². The number of aromatic nitrogens is 2. The first kappa shape index (κ1) is 15.4. The number of para-hydroxylation sites is 1. The van der Waals surface area contributed by atoms with E-state index in [1.165, 1.54) is 18.2 Å². The molecule has 0 unspecified atom stereocenters. The van der Waals surface area contributed by atoms with E-state index in [1.807, 2.05) is 6.07 Å². The minimum Gasteiger partial charge on any atom is -0.359 e. The molecule has 0 aliphatic carbocycles. The summed E-state index contributed by atoms with van der Waals surface area (Å²) in [6.45, 7) is 0.409. The lowest BCUT2D eigenvalue weighted by molar-refractivity contribution is 0.0950. The molecule has 0 spiro atoms. The molecule has 4 aromatic rings. The number of H-pyrrole nitrogens is 2. The predicted molar refractivity (Wildman–Crippen MR) is 92.6 cm³/mol. The quantitative estimate of drug-likeness (QED) is 0.519. The highest BCUT2D eigenvalue weighted by molar-refractivity contribution is 5.98. The lowest BCUT2D eigenvalue weighted by Crippen LogP contribution is -2.25.